The van der Waals surface area contributed by atoms with Gasteiger partial charge in [-0.3, -0.25) is 0 Å². The van der Waals surface area contributed by atoms with Crippen LogP contribution in [0.2, 0.25) is 0 Å². The van der Waals surface area contributed by atoms with Crippen molar-refractivity contribution in [3.8, 4) is 0 Å². The van der Waals surface area contributed by atoms with Crippen LogP contribution in [0, 0.1) is 5.41 Å². The van der Waals surface area contributed by atoms with Crippen molar-refractivity contribution in [2.45, 2.75) is 39.2 Å². The number of carboxylic acids is 1. The number of hydrogen-bond donors (Lipinski definition) is 3. The van der Waals surface area contributed by atoms with Crippen LogP contribution in [-0.2, 0) is 0 Å². The fourth-order valence-electron chi connectivity index (χ4n) is 2.51. The monoisotopic (exact) mass is 249 g/mol. The zero-order valence-corrected chi connectivity index (χ0v) is 10.7. The van der Waals surface area contributed by atoms with Gasteiger partial charge < -0.3 is 16.2 Å². The van der Waals surface area contributed by atoms with Crippen molar-refractivity contribution in [1.82, 2.24) is 4.98 Å². The smallest absolute Gasteiger partial charge is 0.339 e. The molecule has 1 unspecified atom stereocenters. The lowest BCUT2D eigenvalue weighted by atomic mass is 9.92. The predicted octanol–water partition coefficient (Wildman–Crippen LogP) is 2.35. The van der Waals surface area contributed by atoms with Crippen LogP contribution in [0.25, 0.3) is 0 Å². The van der Waals surface area contributed by atoms with E-state index in [1.54, 1.807) is 0 Å². The summed E-state index contributed by atoms with van der Waals surface area (Å²) in [5, 5.41) is 12.4. The molecule has 1 heterocycles. The Morgan fingerprint density at radius 1 is 1.61 bits per heavy atom. The molecule has 1 atom stereocenters. The normalized spacial score (nSPS) is 21.8. The second-order valence-electron chi connectivity index (χ2n) is 5.72. The van der Waals surface area contributed by atoms with Crippen molar-refractivity contribution in [2.75, 3.05) is 11.1 Å². The third-order valence-electron chi connectivity index (χ3n) is 3.45. The SMILES string of the molecule is CC1(C)CCC(Nc2ncc(N)cc2C(=O)O)C1. The molecular weight excluding hydrogens is 230 g/mol. The van der Waals surface area contributed by atoms with Crippen LogP contribution in [0.4, 0.5) is 11.5 Å². The zero-order valence-electron chi connectivity index (χ0n) is 10.7. The summed E-state index contributed by atoms with van der Waals surface area (Å²) in [4.78, 5) is 15.2. The van der Waals surface area contributed by atoms with Crippen molar-refractivity contribution < 1.29 is 9.90 Å². The molecule has 4 N–H and O–H groups in total. The quantitative estimate of drug-likeness (QED) is 0.765. The van der Waals surface area contributed by atoms with Crippen molar-refractivity contribution in [3.63, 3.8) is 0 Å². The highest BCUT2D eigenvalue weighted by atomic mass is 16.4. The van der Waals surface area contributed by atoms with Gasteiger partial charge >= 0.3 is 5.97 Å². The van der Waals surface area contributed by atoms with Crippen LogP contribution < -0.4 is 11.1 Å². The van der Waals surface area contributed by atoms with E-state index in [-0.39, 0.29) is 11.6 Å². The maximum Gasteiger partial charge on any atom is 0.339 e. The zero-order chi connectivity index (χ0) is 13.3. The molecule has 1 aromatic rings. The molecule has 0 saturated heterocycles. The molecule has 0 aliphatic heterocycles. The van der Waals surface area contributed by atoms with E-state index in [0.717, 1.165) is 19.3 Å². The number of rotatable bonds is 3. The van der Waals surface area contributed by atoms with E-state index in [0.29, 0.717) is 16.9 Å². The highest BCUT2D eigenvalue weighted by Crippen LogP contribution is 2.38. The first kappa shape index (κ1) is 12.7. The number of nitrogens with two attached hydrogens (primary N) is 1. The minimum Gasteiger partial charge on any atom is -0.478 e. The fraction of sp³-hybridized carbons (Fsp3) is 0.538. The molecule has 98 valence electrons. The van der Waals surface area contributed by atoms with Gasteiger partial charge in [0.05, 0.1) is 11.9 Å². The maximum absolute atomic E-state index is 11.1. The average molecular weight is 249 g/mol. The van der Waals surface area contributed by atoms with E-state index in [4.69, 9.17) is 10.8 Å². The molecular formula is C13H19N3O2. The summed E-state index contributed by atoms with van der Waals surface area (Å²) in [6.07, 6.45) is 4.69. The van der Waals surface area contributed by atoms with Crippen LogP contribution in [-0.4, -0.2) is 22.1 Å². The Bertz CT molecular complexity index is 471. The second-order valence-corrected chi connectivity index (χ2v) is 5.72. The number of hydrogen-bond acceptors (Lipinski definition) is 4. The van der Waals surface area contributed by atoms with Crippen LogP contribution in [0.15, 0.2) is 12.3 Å². The van der Waals surface area contributed by atoms with E-state index in [1.807, 2.05) is 0 Å². The minimum atomic E-state index is -1.01. The van der Waals surface area contributed by atoms with Gasteiger partial charge in [-0.25, -0.2) is 9.78 Å². The number of pyridine rings is 1. The predicted molar refractivity (Wildman–Crippen MR) is 70.7 cm³/mol. The van der Waals surface area contributed by atoms with Gasteiger partial charge in [0.2, 0.25) is 0 Å². The van der Waals surface area contributed by atoms with Gasteiger partial charge in [-0.15, -0.1) is 0 Å². The summed E-state index contributed by atoms with van der Waals surface area (Å²) in [6.45, 7) is 4.45. The van der Waals surface area contributed by atoms with E-state index in [2.05, 4.69) is 24.1 Å². The van der Waals surface area contributed by atoms with E-state index < -0.39 is 5.97 Å². The number of nitrogens with one attached hydrogen (secondary N) is 1. The Labute approximate surface area is 106 Å². The average Bonchev–Trinajstić information content (AvgIpc) is 2.60. The number of nitrogens with zero attached hydrogens (tertiary/aromatic N) is 1. The molecule has 5 nitrogen and oxygen atoms in total. The Morgan fingerprint density at radius 3 is 2.89 bits per heavy atom. The minimum absolute atomic E-state index is 0.139. The summed E-state index contributed by atoms with van der Waals surface area (Å²) in [5.41, 5.74) is 6.38. The fourth-order valence-corrected chi connectivity index (χ4v) is 2.51. The van der Waals surface area contributed by atoms with Crippen LogP contribution in [0.3, 0.4) is 0 Å². The largest absolute Gasteiger partial charge is 0.478 e. The third kappa shape index (κ3) is 2.72. The highest BCUT2D eigenvalue weighted by Gasteiger charge is 2.31. The maximum atomic E-state index is 11.1. The molecule has 18 heavy (non-hydrogen) atoms. The first-order valence-corrected chi connectivity index (χ1v) is 6.13. The van der Waals surface area contributed by atoms with Gasteiger partial charge in [0.1, 0.15) is 11.4 Å². The van der Waals surface area contributed by atoms with Gasteiger partial charge in [-0.2, -0.15) is 0 Å². The molecule has 0 bridgehead atoms. The first-order chi connectivity index (χ1) is 8.37. The van der Waals surface area contributed by atoms with Crippen molar-refractivity contribution >= 4 is 17.5 Å². The van der Waals surface area contributed by atoms with Crippen LogP contribution in [0.5, 0.6) is 0 Å². The number of aromatic nitrogens is 1. The lowest BCUT2D eigenvalue weighted by molar-refractivity contribution is 0.0697. The molecule has 1 aromatic heterocycles. The molecule has 2 rings (SSSR count). The number of anilines is 2. The number of carbonyl (C=O) groups is 1. The molecule has 0 radical (unpaired) electrons. The van der Waals surface area contributed by atoms with E-state index in [9.17, 15) is 4.79 Å². The summed E-state index contributed by atoms with van der Waals surface area (Å²) in [7, 11) is 0. The van der Waals surface area contributed by atoms with Gasteiger partial charge in [0.15, 0.2) is 0 Å². The molecule has 5 heteroatoms. The van der Waals surface area contributed by atoms with E-state index >= 15 is 0 Å². The third-order valence-corrected chi connectivity index (χ3v) is 3.45. The molecule has 0 aromatic carbocycles. The van der Waals surface area contributed by atoms with Crippen molar-refractivity contribution in [2.24, 2.45) is 5.41 Å². The summed E-state index contributed by atoms with van der Waals surface area (Å²) >= 11 is 0. The van der Waals surface area contributed by atoms with Crippen LogP contribution in [0.1, 0.15) is 43.5 Å². The summed E-state index contributed by atoms with van der Waals surface area (Å²) in [5.74, 6) is -0.589. The molecule has 0 spiro atoms. The van der Waals surface area contributed by atoms with Gasteiger partial charge in [0, 0.05) is 6.04 Å². The Morgan fingerprint density at radius 2 is 2.33 bits per heavy atom. The number of carboxylic acid groups (broad SMARTS) is 1. The van der Waals surface area contributed by atoms with Gasteiger partial charge in [-0.1, -0.05) is 13.8 Å². The van der Waals surface area contributed by atoms with E-state index in [1.165, 1.54) is 12.3 Å². The molecule has 1 fully saturated rings. The topological polar surface area (TPSA) is 88.2 Å². The summed E-state index contributed by atoms with van der Waals surface area (Å²) in [6, 6.07) is 1.73. The Hall–Kier alpha value is -1.78. The van der Waals surface area contributed by atoms with Crippen molar-refractivity contribution in [3.05, 3.63) is 17.8 Å². The standard InChI is InChI=1S/C13H19N3O2/c1-13(2)4-3-9(6-13)16-11-10(12(17)18)5-8(14)7-15-11/h5,7,9H,3-4,6,14H2,1-2H3,(H,15,16)(H,17,18). The Balaban J connectivity index is 2.17. The lowest BCUT2D eigenvalue weighted by Crippen LogP contribution is -2.20. The number of aromatic carboxylic acids is 1. The van der Waals surface area contributed by atoms with Gasteiger partial charge in [0.25, 0.3) is 0 Å². The summed E-state index contributed by atoms with van der Waals surface area (Å²) < 4.78 is 0. The molecule has 1 aliphatic carbocycles. The first-order valence-electron chi connectivity index (χ1n) is 6.13. The lowest BCUT2D eigenvalue weighted by Gasteiger charge is -2.19. The van der Waals surface area contributed by atoms with Crippen molar-refractivity contribution in [1.29, 1.82) is 0 Å². The highest BCUT2D eigenvalue weighted by molar-refractivity contribution is 5.94. The molecule has 0 amide bonds. The van der Waals surface area contributed by atoms with Gasteiger partial charge in [-0.05, 0) is 30.7 Å². The molecule has 1 saturated carbocycles. The molecule has 1 aliphatic rings. The Kier molecular flexibility index (Phi) is 3.15. The van der Waals surface area contributed by atoms with Crippen LogP contribution >= 0.6 is 0 Å². The number of nitrogen functional groups attached to an aromatic ring is 1. The second kappa shape index (κ2) is 4.48.